The average Bonchev–Trinajstić information content (AvgIpc) is 2.37. The number of carboxylic acids is 1. The van der Waals surface area contributed by atoms with Gasteiger partial charge in [-0.05, 0) is 44.6 Å². The second-order valence-electron chi connectivity index (χ2n) is 5.45. The van der Waals surface area contributed by atoms with Crippen LogP contribution in [0.5, 0.6) is 0 Å². The summed E-state index contributed by atoms with van der Waals surface area (Å²) in [7, 11) is 4.08. The molecule has 0 saturated heterocycles. The fourth-order valence-electron chi connectivity index (χ4n) is 2.65. The molecule has 0 fully saturated rings. The Morgan fingerprint density at radius 2 is 2.05 bits per heavy atom. The fourth-order valence-corrected chi connectivity index (χ4v) is 2.65. The topological polar surface area (TPSA) is 43.8 Å². The number of fused-ring (bicyclic) bond motifs is 1. The number of benzene rings is 1. The van der Waals surface area contributed by atoms with E-state index in [1.54, 1.807) is 0 Å². The van der Waals surface area contributed by atoms with E-state index in [0.29, 0.717) is 6.42 Å². The van der Waals surface area contributed by atoms with Gasteiger partial charge in [0.15, 0.2) is 0 Å². The standard InChI is InChI=1S/C15H22N2O2/c1-16(2)8-5-9-17-11-13-7-4-3-6-12(13)10-14(17)15(18)19/h3-4,6-7,14H,5,8-11H2,1-2H3,(H,18,19). The van der Waals surface area contributed by atoms with Crippen molar-refractivity contribution < 1.29 is 9.90 Å². The minimum absolute atomic E-state index is 0.378. The van der Waals surface area contributed by atoms with Gasteiger partial charge >= 0.3 is 5.97 Å². The molecule has 1 aliphatic rings. The zero-order valence-corrected chi connectivity index (χ0v) is 11.7. The molecule has 0 bridgehead atoms. The van der Waals surface area contributed by atoms with Crippen LogP contribution >= 0.6 is 0 Å². The molecule has 1 N–H and O–H groups in total. The van der Waals surface area contributed by atoms with Gasteiger partial charge in [0.1, 0.15) is 6.04 Å². The summed E-state index contributed by atoms with van der Waals surface area (Å²) in [5.74, 6) is -0.709. The number of carbonyl (C=O) groups is 1. The number of rotatable bonds is 5. The summed E-state index contributed by atoms with van der Waals surface area (Å²) in [5.41, 5.74) is 2.45. The number of nitrogens with zero attached hydrogens (tertiary/aromatic N) is 2. The van der Waals surface area contributed by atoms with E-state index < -0.39 is 5.97 Å². The molecule has 0 aromatic heterocycles. The molecule has 19 heavy (non-hydrogen) atoms. The van der Waals surface area contributed by atoms with E-state index in [1.165, 1.54) is 11.1 Å². The van der Waals surface area contributed by atoms with Crippen LogP contribution in [-0.4, -0.2) is 54.1 Å². The first-order chi connectivity index (χ1) is 9.08. The Morgan fingerprint density at radius 3 is 2.68 bits per heavy atom. The molecular formula is C15H22N2O2. The number of carboxylic acid groups (broad SMARTS) is 1. The Morgan fingerprint density at radius 1 is 1.37 bits per heavy atom. The van der Waals surface area contributed by atoms with Crippen molar-refractivity contribution in [1.29, 1.82) is 0 Å². The maximum Gasteiger partial charge on any atom is 0.321 e. The lowest BCUT2D eigenvalue weighted by atomic mass is 9.94. The van der Waals surface area contributed by atoms with Gasteiger partial charge in [-0.1, -0.05) is 24.3 Å². The molecular weight excluding hydrogens is 240 g/mol. The van der Waals surface area contributed by atoms with Crippen molar-refractivity contribution in [3.63, 3.8) is 0 Å². The summed E-state index contributed by atoms with van der Waals surface area (Å²) in [4.78, 5) is 15.6. The average molecular weight is 262 g/mol. The highest BCUT2D eigenvalue weighted by molar-refractivity contribution is 5.74. The van der Waals surface area contributed by atoms with E-state index in [-0.39, 0.29) is 6.04 Å². The molecule has 0 aliphatic carbocycles. The largest absolute Gasteiger partial charge is 0.480 e. The third-order valence-corrected chi connectivity index (χ3v) is 3.68. The van der Waals surface area contributed by atoms with E-state index >= 15 is 0 Å². The van der Waals surface area contributed by atoms with Crippen LogP contribution in [0.2, 0.25) is 0 Å². The minimum Gasteiger partial charge on any atom is -0.480 e. The Balaban J connectivity index is 2.06. The molecule has 4 nitrogen and oxygen atoms in total. The van der Waals surface area contributed by atoms with Crippen molar-refractivity contribution in [2.45, 2.75) is 25.4 Å². The van der Waals surface area contributed by atoms with Crippen molar-refractivity contribution in [2.75, 3.05) is 27.2 Å². The Kier molecular flexibility index (Phi) is 4.56. The van der Waals surface area contributed by atoms with Crippen LogP contribution in [0.4, 0.5) is 0 Å². The molecule has 0 spiro atoms. The van der Waals surface area contributed by atoms with Gasteiger partial charge in [-0.2, -0.15) is 0 Å². The monoisotopic (exact) mass is 262 g/mol. The van der Waals surface area contributed by atoms with Gasteiger partial charge in [0, 0.05) is 13.1 Å². The molecule has 1 heterocycles. The molecule has 0 saturated carbocycles. The lowest BCUT2D eigenvalue weighted by molar-refractivity contribution is -0.144. The SMILES string of the molecule is CN(C)CCCN1Cc2ccccc2CC1C(=O)O. The van der Waals surface area contributed by atoms with Gasteiger partial charge in [0.05, 0.1) is 0 Å². The predicted molar refractivity (Wildman–Crippen MR) is 75.2 cm³/mol. The lowest BCUT2D eigenvalue weighted by Crippen LogP contribution is -2.46. The van der Waals surface area contributed by atoms with Gasteiger partial charge in [0.2, 0.25) is 0 Å². The van der Waals surface area contributed by atoms with Crippen molar-refractivity contribution in [1.82, 2.24) is 9.80 Å². The van der Waals surface area contributed by atoms with Crippen molar-refractivity contribution in [3.8, 4) is 0 Å². The normalized spacial score (nSPS) is 19.4. The van der Waals surface area contributed by atoms with E-state index in [9.17, 15) is 9.90 Å². The molecule has 0 amide bonds. The van der Waals surface area contributed by atoms with Crippen molar-refractivity contribution in [3.05, 3.63) is 35.4 Å². The van der Waals surface area contributed by atoms with Crippen LogP contribution in [0.15, 0.2) is 24.3 Å². The van der Waals surface area contributed by atoms with Crippen LogP contribution < -0.4 is 0 Å². The highest BCUT2D eigenvalue weighted by atomic mass is 16.4. The minimum atomic E-state index is -0.709. The maximum atomic E-state index is 11.4. The molecule has 1 aliphatic heterocycles. The number of aliphatic carboxylic acids is 1. The van der Waals surface area contributed by atoms with E-state index in [2.05, 4.69) is 15.9 Å². The quantitative estimate of drug-likeness (QED) is 0.872. The Labute approximate surface area is 114 Å². The van der Waals surface area contributed by atoms with Crippen LogP contribution in [0, 0.1) is 0 Å². The highest BCUT2D eigenvalue weighted by Crippen LogP contribution is 2.23. The zero-order valence-electron chi connectivity index (χ0n) is 11.7. The van der Waals surface area contributed by atoms with Gasteiger partial charge in [-0.3, -0.25) is 9.69 Å². The van der Waals surface area contributed by atoms with Gasteiger partial charge in [-0.25, -0.2) is 0 Å². The van der Waals surface area contributed by atoms with Crippen LogP contribution in [0.1, 0.15) is 17.5 Å². The number of hydrogen-bond acceptors (Lipinski definition) is 3. The second kappa shape index (κ2) is 6.17. The van der Waals surface area contributed by atoms with Gasteiger partial charge < -0.3 is 10.0 Å². The zero-order chi connectivity index (χ0) is 13.8. The Bertz CT molecular complexity index is 446. The molecule has 4 heteroatoms. The predicted octanol–water partition coefficient (Wildman–Crippen LogP) is 1.45. The molecule has 1 aromatic carbocycles. The van der Waals surface area contributed by atoms with Gasteiger partial charge in [0.25, 0.3) is 0 Å². The molecule has 104 valence electrons. The summed E-state index contributed by atoms with van der Waals surface area (Å²) in [6.45, 7) is 2.58. The van der Waals surface area contributed by atoms with E-state index in [4.69, 9.17) is 0 Å². The van der Waals surface area contributed by atoms with Crippen LogP contribution in [0.25, 0.3) is 0 Å². The summed E-state index contributed by atoms with van der Waals surface area (Å²) >= 11 is 0. The second-order valence-corrected chi connectivity index (χ2v) is 5.45. The van der Waals surface area contributed by atoms with Crippen LogP contribution in [-0.2, 0) is 17.8 Å². The van der Waals surface area contributed by atoms with Crippen molar-refractivity contribution in [2.24, 2.45) is 0 Å². The van der Waals surface area contributed by atoms with E-state index in [1.807, 2.05) is 32.3 Å². The third-order valence-electron chi connectivity index (χ3n) is 3.68. The lowest BCUT2D eigenvalue weighted by Gasteiger charge is -2.34. The molecule has 1 unspecified atom stereocenters. The third kappa shape index (κ3) is 3.55. The fraction of sp³-hybridized carbons (Fsp3) is 0.533. The smallest absolute Gasteiger partial charge is 0.321 e. The van der Waals surface area contributed by atoms with Crippen LogP contribution in [0.3, 0.4) is 0 Å². The summed E-state index contributed by atoms with van der Waals surface area (Å²) in [6.07, 6.45) is 1.62. The maximum absolute atomic E-state index is 11.4. The summed E-state index contributed by atoms with van der Waals surface area (Å²) in [6, 6.07) is 7.78. The summed E-state index contributed by atoms with van der Waals surface area (Å²) < 4.78 is 0. The molecule has 1 aromatic rings. The first-order valence-corrected chi connectivity index (χ1v) is 6.76. The first-order valence-electron chi connectivity index (χ1n) is 6.76. The molecule has 1 atom stereocenters. The van der Waals surface area contributed by atoms with E-state index in [0.717, 1.165) is 26.1 Å². The Hall–Kier alpha value is -1.39. The molecule has 0 radical (unpaired) electrons. The number of hydrogen-bond donors (Lipinski definition) is 1. The first kappa shape index (κ1) is 14.0. The highest BCUT2D eigenvalue weighted by Gasteiger charge is 2.30. The summed E-state index contributed by atoms with van der Waals surface area (Å²) in [5, 5.41) is 9.39. The van der Waals surface area contributed by atoms with Gasteiger partial charge in [-0.15, -0.1) is 0 Å². The molecule has 2 rings (SSSR count). The van der Waals surface area contributed by atoms with Crippen molar-refractivity contribution >= 4 is 5.97 Å².